The quantitative estimate of drug-likeness (QED) is 0.474. The third kappa shape index (κ3) is 3.51. The van der Waals surface area contributed by atoms with E-state index in [2.05, 4.69) is 28.6 Å². The first-order valence-electron chi connectivity index (χ1n) is 6.73. The van der Waals surface area contributed by atoms with Crippen molar-refractivity contribution in [1.29, 1.82) is 0 Å². The summed E-state index contributed by atoms with van der Waals surface area (Å²) in [5, 5.41) is 12.6. The number of amides is 1. The van der Waals surface area contributed by atoms with E-state index in [4.69, 9.17) is 0 Å². The number of hydrogen-bond acceptors (Lipinski definition) is 3. The predicted octanol–water partition coefficient (Wildman–Crippen LogP) is 2.44. The molecule has 1 amide bonds. The second-order valence-corrected chi connectivity index (χ2v) is 12.0. The molecule has 0 fully saturated rings. The Bertz CT molecular complexity index is 509. The zero-order chi connectivity index (χ0) is 14.9. The molecule has 0 aromatic heterocycles. The zero-order valence-electron chi connectivity index (χ0n) is 12.5. The van der Waals surface area contributed by atoms with Gasteiger partial charge in [-0.05, 0) is 0 Å². The summed E-state index contributed by atoms with van der Waals surface area (Å²) in [6.45, 7) is 3.02. The number of carbonyl (C=O) groups is 1. The summed E-state index contributed by atoms with van der Waals surface area (Å²) >= 11 is -1.04. The number of carbonyl (C=O) groups excluding carboxylic acids is 1. The summed E-state index contributed by atoms with van der Waals surface area (Å²) in [6.07, 6.45) is 1.03. The van der Waals surface area contributed by atoms with Gasteiger partial charge in [-0.25, -0.2) is 0 Å². The van der Waals surface area contributed by atoms with Crippen LogP contribution in [0.3, 0.4) is 0 Å². The van der Waals surface area contributed by atoms with Gasteiger partial charge >= 0.3 is 128 Å². The van der Waals surface area contributed by atoms with Crippen molar-refractivity contribution in [2.45, 2.75) is 30.3 Å². The molecule has 0 unspecified atom stereocenters. The van der Waals surface area contributed by atoms with Crippen LogP contribution in [0.15, 0.2) is 18.2 Å². The van der Waals surface area contributed by atoms with Crippen molar-refractivity contribution in [3.63, 3.8) is 0 Å². The fourth-order valence-electron chi connectivity index (χ4n) is 2.17. The van der Waals surface area contributed by atoms with Crippen LogP contribution < -0.4 is 5.32 Å². The Balaban J connectivity index is 2.22. The number of nitrogens with zero attached hydrogens (tertiary/aromatic N) is 1. The van der Waals surface area contributed by atoms with Gasteiger partial charge in [0.25, 0.3) is 0 Å². The van der Waals surface area contributed by atoms with Crippen LogP contribution in [0.2, 0.25) is 0 Å². The van der Waals surface area contributed by atoms with E-state index in [-0.39, 0.29) is 5.91 Å². The number of rotatable bonds is 3. The first-order chi connectivity index (χ1) is 9.29. The van der Waals surface area contributed by atoms with E-state index in [0.717, 1.165) is 12.1 Å². The molecule has 2 rings (SSSR count). The summed E-state index contributed by atoms with van der Waals surface area (Å²) < 4.78 is 4.83. The number of aliphatic hydroxyl groups is 1. The van der Waals surface area contributed by atoms with E-state index in [0.29, 0.717) is 0 Å². The SMILES string of the molecule is CN(C)I1CCc2c(cccc2NC(=O)C(C)(C)O)C1. The monoisotopic (exact) mass is 390 g/mol. The van der Waals surface area contributed by atoms with Gasteiger partial charge in [-0.3, -0.25) is 0 Å². The molecule has 1 aromatic rings. The molecule has 0 saturated heterocycles. The summed E-state index contributed by atoms with van der Waals surface area (Å²) in [4.78, 5) is 11.9. The molecule has 1 aliphatic heterocycles. The van der Waals surface area contributed by atoms with Gasteiger partial charge in [0.2, 0.25) is 0 Å². The number of hydrogen-bond donors (Lipinski definition) is 2. The van der Waals surface area contributed by atoms with Gasteiger partial charge in [-0.2, -0.15) is 0 Å². The molecule has 0 saturated carbocycles. The van der Waals surface area contributed by atoms with Crippen LogP contribution in [-0.2, 0) is 15.6 Å². The molecule has 0 spiro atoms. The number of fused-ring (bicyclic) bond motifs is 1. The molecule has 0 radical (unpaired) electrons. The van der Waals surface area contributed by atoms with E-state index < -0.39 is 25.7 Å². The fraction of sp³-hybridized carbons (Fsp3) is 0.533. The summed E-state index contributed by atoms with van der Waals surface area (Å²) in [7, 11) is 4.35. The van der Waals surface area contributed by atoms with Crippen molar-refractivity contribution in [3.8, 4) is 0 Å². The van der Waals surface area contributed by atoms with Gasteiger partial charge in [0.1, 0.15) is 0 Å². The van der Waals surface area contributed by atoms with Gasteiger partial charge in [-0.15, -0.1) is 0 Å². The molecule has 4 nitrogen and oxygen atoms in total. The van der Waals surface area contributed by atoms with Crippen LogP contribution >= 0.6 is 20.1 Å². The van der Waals surface area contributed by atoms with E-state index in [1.54, 1.807) is 0 Å². The van der Waals surface area contributed by atoms with Gasteiger partial charge in [0.05, 0.1) is 0 Å². The molecule has 1 aliphatic rings. The molecule has 0 atom stereocenters. The molecular weight excluding hydrogens is 367 g/mol. The van der Waals surface area contributed by atoms with Crippen LogP contribution in [0, 0.1) is 0 Å². The van der Waals surface area contributed by atoms with E-state index in [9.17, 15) is 9.90 Å². The molecule has 1 heterocycles. The average molecular weight is 390 g/mol. The second kappa shape index (κ2) is 5.99. The number of anilines is 1. The maximum atomic E-state index is 11.9. The molecule has 5 heteroatoms. The average Bonchev–Trinajstić information content (AvgIpc) is 2.37. The fourth-order valence-corrected chi connectivity index (χ4v) is 7.03. The maximum absolute atomic E-state index is 11.9. The second-order valence-electron chi connectivity index (χ2n) is 5.74. The van der Waals surface area contributed by atoms with Crippen LogP contribution in [0.25, 0.3) is 0 Å². The Labute approximate surface area is 128 Å². The topological polar surface area (TPSA) is 52.6 Å². The summed E-state index contributed by atoms with van der Waals surface area (Å²) in [6, 6.07) is 6.10. The van der Waals surface area contributed by atoms with Crippen molar-refractivity contribution >= 4 is 31.7 Å². The minimum absolute atomic E-state index is 0.348. The molecule has 2 N–H and O–H groups in total. The Morgan fingerprint density at radius 1 is 1.40 bits per heavy atom. The number of benzene rings is 1. The Hall–Kier alpha value is -0.660. The van der Waals surface area contributed by atoms with E-state index in [1.165, 1.54) is 33.8 Å². The van der Waals surface area contributed by atoms with Crippen LogP contribution in [-0.4, -0.2) is 38.3 Å². The van der Waals surface area contributed by atoms with Crippen molar-refractivity contribution in [2.24, 2.45) is 0 Å². The molecule has 0 aliphatic carbocycles. The third-order valence-electron chi connectivity index (χ3n) is 3.42. The Morgan fingerprint density at radius 3 is 2.70 bits per heavy atom. The number of alkyl halides is 2. The van der Waals surface area contributed by atoms with Crippen molar-refractivity contribution in [3.05, 3.63) is 29.3 Å². The molecule has 0 bridgehead atoms. The summed E-state index contributed by atoms with van der Waals surface area (Å²) in [5.41, 5.74) is 2.13. The minimum atomic E-state index is -1.35. The number of nitrogens with one attached hydrogen (secondary N) is 1. The van der Waals surface area contributed by atoms with Crippen molar-refractivity contribution in [1.82, 2.24) is 3.11 Å². The Kier molecular flexibility index (Phi) is 4.71. The summed E-state index contributed by atoms with van der Waals surface area (Å²) in [5.74, 6) is -0.348. The molecule has 1 aromatic carbocycles. The third-order valence-corrected chi connectivity index (χ3v) is 9.63. The van der Waals surface area contributed by atoms with Crippen LogP contribution in [0.1, 0.15) is 25.0 Å². The van der Waals surface area contributed by atoms with E-state index >= 15 is 0 Å². The van der Waals surface area contributed by atoms with Crippen LogP contribution in [0.5, 0.6) is 0 Å². The van der Waals surface area contributed by atoms with Crippen molar-refractivity contribution in [2.75, 3.05) is 23.8 Å². The van der Waals surface area contributed by atoms with Gasteiger partial charge in [0.15, 0.2) is 0 Å². The Morgan fingerprint density at radius 2 is 2.10 bits per heavy atom. The normalized spacial score (nSPS) is 17.0. The number of halogens is 1. The standard InChI is InChI=1S/C15H23IN2O2/c1-15(2,20)14(19)17-13-7-5-6-11-10-16(18(3)4)9-8-12(11)13/h5-7,20H,8-10H2,1-4H3,(H,17,19). The van der Waals surface area contributed by atoms with Gasteiger partial charge < -0.3 is 0 Å². The van der Waals surface area contributed by atoms with Crippen LogP contribution in [0.4, 0.5) is 5.69 Å². The predicted molar refractivity (Wildman–Crippen MR) is 91.4 cm³/mol. The van der Waals surface area contributed by atoms with Gasteiger partial charge in [-0.1, -0.05) is 0 Å². The molecule has 112 valence electrons. The molecular formula is C15H23IN2O2. The van der Waals surface area contributed by atoms with E-state index in [1.807, 2.05) is 12.1 Å². The first-order valence-corrected chi connectivity index (χ1v) is 10.7. The zero-order valence-corrected chi connectivity index (χ0v) is 14.7. The first kappa shape index (κ1) is 15.7. The molecule has 20 heavy (non-hydrogen) atoms. The van der Waals surface area contributed by atoms with Gasteiger partial charge in [0, 0.05) is 0 Å². The van der Waals surface area contributed by atoms with Crippen molar-refractivity contribution < 1.29 is 9.90 Å².